The number of rotatable bonds is 3. The maximum Gasteiger partial charge on any atom is 0.231 e. The van der Waals surface area contributed by atoms with Crippen molar-refractivity contribution in [1.82, 2.24) is 0 Å². The summed E-state index contributed by atoms with van der Waals surface area (Å²) >= 11 is 0. The summed E-state index contributed by atoms with van der Waals surface area (Å²) in [7, 11) is 0. The number of anilines is 1. The molecule has 1 amide bonds. The van der Waals surface area contributed by atoms with Crippen LogP contribution in [0.25, 0.3) is 0 Å². The predicted octanol–water partition coefficient (Wildman–Crippen LogP) is 1.61. The highest BCUT2D eigenvalue weighted by Gasteiger charge is 2.12. The second-order valence-corrected chi connectivity index (χ2v) is 3.20. The predicted molar refractivity (Wildman–Crippen MR) is 55.0 cm³/mol. The number of halogens is 1. The first-order valence-electron chi connectivity index (χ1n) is 4.52. The van der Waals surface area contributed by atoms with Crippen molar-refractivity contribution in [2.24, 2.45) is 0 Å². The summed E-state index contributed by atoms with van der Waals surface area (Å²) in [5.74, 6) is -1.66. The van der Waals surface area contributed by atoms with Crippen molar-refractivity contribution >= 4 is 17.4 Å². The van der Waals surface area contributed by atoms with Gasteiger partial charge in [0, 0.05) is 0 Å². The molecule has 0 aromatic heterocycles. The molecule has 4 nitrogen and oxygen atoms in total. The lowest BCUT2D eigenvalue weighted by Crippen LogP contribution is -2.16. The molecule has 1 aromatic rings. The number of carbonyl (C=O) groups is 2. The van der Waals surface area contributed by atoms with Crippen LogP contribution in [0.4, 0.5) is 10.1 Å². The molecule has 0 bridgehead atoms. The van der Waals surface area contributed by atoms with Gasteiger partial charge in [-0.1, -0.05) is 6.07 Å². The molecule has 0 heterocycles. The van der Waals surface area contributed by atoms with Gasteiger partial charge >= 0.3 is 0 Å². The number of benzene rings is 1. The number of hydrogen-bond acceptors (Lipinski definition) is 3. The zero-order chi connectivity index (χ0) is 12.1. The number of amides is 1. The van der Waals surface area contributed by atoms with Crippen molar-refractivity contribution in [1.29, 1.82) is 5.26 Å². The van der Waals surface area contributed by atoms with Gasteiger partial charge in [-0.25, -0.2) is 4.39 Å². The molecular weight excluding hydrogens is 211 g/mol. The first kappa shape index (κ1) is 11.9. The number of carbonyl (C=O) groups excluding carboxylic acids is 2. The highest BCUT2D eigenvalue weighted by atomic mass is 19.1. The molecule has 1 aromatic carbocycles. The van der Waals surface area contributed by atoms with Crippen molar-refractivity contribution in [2.75, 3.05) is 5.32 Å². The third-order valence-electron chi connectivity index (χ3n) is 1.81. The zero-order valence-electron chi connectivity index (χ0n) is 8.58. The normalized spacial score (nSPS) is 9.31. The van der Waals surface area contributed by atoms with Crippen LogP contribution in [-0.2, 0) is 9.59 Å². The molecule has 0 atom stereocenters. The van der Waals surface area contributed by atoms with E-state index in [4.69, 9.17) is 5.26 Å². The molecule has 0 unspecified atom stereocenters. The van der Waals surface area contributed by atoms with Gasteiger partial charge in [-0.2, -0.15) is 5.26 Å². The summed E-state index contributed by atoms with van der Waals surface area (Å²) in [5, 5.41) is 10.9. The second-order valence-electron chi connectivity index (χ2n) is 3.20. The fourth-order valence-corrected chi connectivity index (χ4v) is 1.15. The van der Waals surface area contributed by atoms with E-state index in [9.17, 15) is 14.0 Å². The Hall–Kier alpha value is -2.22. The maximum absolute atomic E-state index is 13.3. The van der Waals surface area contributed by atoms with E-state index in [1.807, 2.05) is 0 Å². The highest BCUT2D eigenvalue weighted by Crippen LogP contribution is 2.18. The SMILES string of the molecule is CC(=O)CC(=O)Nc1c(F)cccc1C#N. The average Bonchev–Trinajstić information content (AvgIpc) is 2.20. The molecule has 16 heavy (non-hydrogen) atoms. The van der Waals surface area contributed by atoms with Crippen molar-refractivity contribution < 1.29 is 14.0 Å². The molecule has 0 aliphatic rings. The van der Waals surface area contributed by atoms with E-state index in [-0.39, 0.29) is 23.5 Å². The molecule has 0 spiro atoms. The molecule has 0 radical (unpaired) electrons. The minimum atomic E-state index is -0.698. The van der Waals surface area contributed by atoms with Gasteiger partial charge in [-0.05, 0) is 19.1 Å². The Morgan fingerprint density at radius 3 is 2.75 bits per heavy atom. The highest BCUT2D eigenvalue weighted by molar-refractivity contribution is 6.04. The summed E-state index contributed by atoms with van der Waals surface area (Å²) in [6.45, 7) is 1.26. The van der Waals surface area contributed by atoms with Crippen LogP contribution in [0.2, 0.25) is 0 Å². The van der Waals surface area contributed by atoms with Crippen molar-refractivity contribution in [3.8, 4) is 6.07 Å². The lowest BCUT2D eigenvalue weighted by Gasteiger charge is -2.06. The van der Waals surface area contributed by atoms with Gasteiger partial charge in [0.05, 0.1) is 17.7 Å². The summed E-state index contributed by atoms with van der Waals surface area (Å²) < 4.78 is 13.3. The van der Waals surface area contributed by atoms with E-state index < -0.39 is 11.7 Å². The Kier molecular flexibility index (Phi) is 3.72. The number of nitriles is 1. The van der Waals surface area contributed by atoms with Crippen molar-refractivity contribution in [2.45, 2.75) is 13.3 Å². The quantitative estimate of drug-likeness (QED) is 0.787. The van der Waals surface area contributed by atoms with E-state index in [0.717, 1.165) is 6.07 Å². The summed E-state index contributed by atoms with van der Waals surface area (Å²) in [4.78, 5) is 21.9. The number of Topliss-reactive ketones (excluding diaryl/α,β-unsaturated/α-hetero) is 1. The largest absolute Gasteiger partial charge is 0.322 e. The van der Waals surface area contributed by atoms with Crippen LogP contribution in [0.15, 0.2) is 18.2 Å². The Bertz CT molecular complexity index is 477. The summed E-state index contributed by atoms with van der Waals surface area (Å²) in [6, 6.07) is 5.64. The number of nitrogens with zero attached hydrogens (tertiary/aromatic N) is 1. The lowest BCUT2D eigenvalue weighted by molar-refractivity contribution is -0.124. The monoisotopic (exact) mass is 220 g/mol. The molecular formula is C11H9FN2O2. The molecule has 5 heteroatoms. The molecule has 1 rings (SSSR count). The fraction of sp³-hybridized carbons (Fsp3) is 0.182. The number of nitrogens with one attached hydrogen (secondary N) is 1. The average molecular weight is 220 g/mol. The van der Waals surface area contributed by atoms with Gasteiger partial charge in [0.25, 0.3) is 0 Å². The molecule has 0 saturated heterocycles. The Labute approximate surface area is 91.7 Å². The second kappa shape index (κ2) is 5.03. The smallest absolute Gasteiger partial charge is 0.231 e. The minimum Gasteiger partial charge on any atom is -0.322 e. The van der Waals surface area contributed by atoms with Crippen LogP contribution in [0.5, 0.6) is 0 Å². The minimum absolute atomic E-state index is 0.0249. The van der Waals surface area contributed by atoms with Crippen LogP contribution in [0.1, 0.15) is 18.9 Å². The van der Waals surface area contributed by atoms with E-state index in [2.05, 4.69) is 5.32 Å². The van der Waals surface area contributed by atoms with Crippen LogP contribution in [-0.4, -0.2) is 11.7 Å². The van der Waals surface area contributed by atoms with Crippen LogP contribution < -0.4 is 5.32 Å². The molecule has 0 aliphatic heterocycles. The molecule has 0 aliphatic carbocycles. The van der Waals surface area contributed by atoms with E-state index >= 15 is 0 Å². The van der Waals surface area contributed by atoms with Crippen LogP contribution >= 0.6 is 0 Å². The third-order valence-corrected chi connectivity index (χ3v) is 1.81. The standard InChI is InChI=1S/C11H9FN2O2/c1-7(15)5-10(16)14-11-8(6-13)3-2-4-9(11)12/h2-4H,5H2,1H3,(H,14,16). The Morgan fingerprint density at radius 2 is 2.19 bits per heavy atom. The molecule has 0 saturated carbocycles. The first-order chi connectivity index (χ1) is 7.54. The Balaban J connectivity index is 2.93. The van der Waals surface area contributed by atoms with E-state index in [0.29, 0.717) is 0 Å². The summed E-state index contributed by atoms with van der Waals surface area (Å²) in [6.07, 6.45) is -0.334. The summed E-state index contributed by atoms with van der Waals surface area (Å²) in [5.41, 5.74) is -0.159. The maximum atomic E-state index is 13.3. The fourth-order valence-electron chi connectivity index (χ4n) is 1.15. The van der Waals surface area contributed by atoms with Gasteiger partial charge in [0.2, 0.25) is 5.91 Å². The molecule has 1 N–H and O–H groups in total. The molecule has 0 fully saturated rings. The van der Waals surface area contributed by atoms with Gasteiger partial charge in [-0.3, -0.25) is 9.59 Å². The van der Waals surface area contributed by atoms with E-state index in [1.165, 1.54) is 19.1 Å². The lowest BCUT2D eigenvalue weighted by atomic mass is 10.2. The van der Waals surface area contributed by atoms with Crippen LogP contribution in [0, 0.1) is 17.1 Å². The Morgan fingerprint density at radius 1 is 1.50 bits per heavy atom. The third kappa shape index (κ3) is 2.89. The number of hydrogen-bond donors (Lipinski definition) is 1. The first-order valence-corrected chi connectivity index (χ1v) is 4.52. The van der Waals surface area contributed by atoms with Crippen LogP contribution in [0.3, 0.4) is 0 Å². The van der Waals surface area contributed by atoms with Crippen molar-refractivity contribution in [3.05, 3.63) is 29.6 Å². The van der Waals surface area contributed by atoms with E-state index in [1.54, 1.807) is 6.07 Å². The molecule has 82 valence electrons. The van der Waals surface area contributed by atoms with Gasteiger partial charge in [-0.15, -0.1) is 0 Å². The van der Waals surface area contributed by atoms with Gasteiger partial charge in [0.1, 0.15) is 17.7 Å². The zero-order valence-corrected chi connectivity index (χ0v) is 8.58. The number of para-hydroxylation sites is 1. The topological polar surface area (TPSA) is 70.0 Å². The number of ketones is 1. The van der Waals surface area contributed by atoms with Crippen molar-refractivity contribution in [3.63, 3.8) is 0 Å². The van der Waals surface area contributed by atoms with Gasteiger partial charge in [0.15, 0.2) is 0 Å². The van der Waals surface area contributed by atoms with Gasteiger partial charge < -0.3 is 5.32 Å².